The van der Waals surface area contributed by atoms with Gasteiger partial charge in [-0.1, -0.05) is 19.1 Å². The van der Waals surface area contributed by atoms with Gasteiger partial charge >= 0.3 is 0 Å². The summed E-state index contributed by atoms with van der Waals surface area (Å²) in [5, 5.41) is 0. The lowest BCUT2D eigenvalue weighted by Crippen LogP contribution is -2.20. The highest BCUT2D eigenvalue weighted by atomic mass is 35.5. The number of rotatable bonds is 7. The molecule has 0 bridgehead atoms. The summed E-state index contributed by atoms with van der Waals surface area (Å²) in [5.74, 6) is 0.862. The molecule has 102 valence electrons. The highest BCUT2D eigenvalue weighted by Crippen LogP contribution is 2.20. The monoisotopic (exact) mass is 271 g/mol. The molecule has 0 aliphatic rings. The Balaban J connectivity index is 0.00000289. The molecule has 0 saturated heterocycles. The van der Waals surface area contributed by atoms with E-state index in [2.05, 4.69) is 4.90 Å². The van der Waals surface area contributed by atoms with Gasteiger partial charge in [0.25, 0.3) is 0 Å². The second-order valence-electron chi connectivity index (χ2n) is 4.32. The molecule has 0 heterocycles. The predicted molar refractivity (Wildman–Crippen MR) is 77.0 cm³/mol. The van der Waals surface area contributed by atoms with Gasteiger partial charge in [0.2, 0.25) is 0 Å². The molecule has 0 N–H and O–H groups in total. The molecular formula is C14H22ClNO2. The number of carbonyl (C=O) groups excluding carboxylic acids is 1. The summed E-state index contributed by atoms with van der Waals surface area (Å²) in [4.78, 5) is 13.9. The molecular weight excluding hydrogens is 250 g/mol. The molecule has 0 spiro atoms. The molecule has 18 heavy (non-hydrogen) atoms. The van der Waals surface area contributed by atoms with Crippen LogP contribution >= 0.6 is 12.4 Å². The normalized spacial score (nSPS) is 10.0. The Bertz CT molecular complexity index is 367. The fourth-order valence-electron chi connectivity index (χ4n) is 1.52. The maximum absolute atomic E-state index is 11.9. The third kappa shape index (κ3) is 5.52. The first kappa shape index (κ1) is 16.9. The lowest BCUT2D eigenvalue weighted by Gasteiger charge is -2.13. The Kier molecular flexibility index (Phi) is 8.42. The maximum Gasteiger partial charge on any atom is 0.166 e. The first-order valence-electron chi connectivity index (χ1n) is 6.05. The number of Topliss-reactive ketones (excluding diaryl/α,β-unsaturated/α-hetero) is 1. The minimum Gasteiger partial charge on any atom is -0.491 e. The van der Waals surface area contributed by atoms with E-state index in [9.17, 15) is 4.79 Å². The van der Waals surface area contributed by atoms with Crippen LogP contribution in [0.25, 0.3) is 0 Å². The highest BCUT2D eigenvalue weighted by molar-refractivity contribution is 5.98. The van der Waals surface area contributed by atoms with E-state index in [0.717, 1.165) is 13.0 Å². The molecule has 0 saturated carbocycles. The third-order valence-electron chi connectivity index (χ3n) is 2.46. The largest absolute Gasteiger partial charge is 0.491 e. The number of likely N-dealkylation sites (N-methyl/N-ethyl adjacent to an activating group) is 1. The van der Waals surface area contributed by atoms with Crippen LogP contribution < -0.4 is 4.74 Å². The van der Waals surface area contributed by atoms with E-state index in [0.29, 0.717) is 24.3 Å². The van der Waals surface area contributed by atoms with E-state index < -0.39 is 0 Å². The van der Waals surface area contributed by atoms with Crippen molar-refractivity contribution < 1.29 is 9.53 Å². The molecule has 3 nitrogen and oxygen atoms in total. The van der Waals surface area contributed by atoms with Crippen molar-refractivity contribution >= 4 is 18.2 Å². The molecule has 0 atom stereocenters. The number of hydrogen-bond acceptors (Lipinski definition) is 3. The van der Waals surface area contributed by atoms with Gasteiger partial charge in [0, 0.05) is 13.0 Å². The van der Waals surface area contributed by atoms with Crippen LogP contribution in [0, 0.1) is 0 Å². The first-order chi connectivity index (χ1) is 8.15. The standard InChI is InChI=1S/C14H21NO2.ClH/c1-4-7-13(16)12-8-5-6-9-14(12)17-11-10-15(2)3;/h5-6,8-9H,4,7,10-11H2,1-3H3;1H. The number of benzene rings is 1. The van der Waals surface area contributed by atoms with Crippen LogP contribution in [0.1, 0.15) is 30.1 Å². The van der Waals surface area contributed by atoms with Crippen molar-refractivity contribution in [2.45, 2.75) is 19.8 Å². The number of nitrogens with zero attached hydrogens (tertiary/aromatic N) is 1. The molecule has 0 aliphatic carbocycles. The zero-order valence-electron chi connectivity index (χ0n) is 11.3. The van der Waals surface area contributed by atoms with Gasteiger partial charge in [-0.3, -0.25) is 4.79 Å². The molecule has 0 fully saturated rings. The number of ketones is 1. The van der Waals surface area contributed by atoms with E-state index in [-0.39, 0.29) is 18.2 Å². The van der Waals surface area contributed by atoms with Crippen LogP contribution in [0.15, 0.2) is 24.3 Å². The van der Waals surface area contributed by atoms with E-state index in [4.69, 9.17) is 4.74 Å². The minimum absolute atomic E-state index is 0. The minimum atomic E-state index is 0. The van der Waals surface area contributed by atoms with Crippen molar-refractivity contribution in [1.82, 2.24) is 4.90 Å². The fraction of sp³-hybridized carbons (Fsp3) is 0.500. The molecule has 1 rings (SSSR count). The molecule has 4 heteroatoms. The summed E-state index contributed by atoms with van der Waals surface area (Å²) < 4.78 is 5.65. The van der Waals surface area contributed by atoms with Gasteiger partial charge in [0.05, 0.1) is 5.56 Å². The molecule has 0 aromatic heterocycles. The Hall–Kier alpha value is -1.06. The van der Waals surface area contributed by atoms with Crippen LogP contribution in [0.3, 0.4) is 0 Å². The Morgan fingerprint density at radius 2 is 1.94 bits per heavy atom. The molecule has 0 radical (unpaired) electrons. The van der Waals surface area contributed by atoms with Gasteiger partial charge in [0.1, 0.15) is 12.4 Å². The summed E-state index contributed by atoms with van der Waals surface area (Å²) >= 11 is 0. The van der Waals surface area contributed by atoms with E-state index in [1.54, 1.807) is 0 Å². The second-order valence-corrected chi connectivity index (χ2v) is 4.32. The van der Waals surface area contributed by atoms with Crippen LogP contribution in [-0.2, 0) is 0 Å². The number of halogens is 1. The van der Waals surface area contributed by atoms with Crippen molar-refractivity contribution in [3.63, 3.8) is 0 Å². The van der Waals surface area contributed by atoms with Gasteiger partial charge in [-0.25, -0.2) is 0 Å². The quantitative estimate of drug-likeness (QED) is 0.714. The molecule has 0 amide bonds. The van der Waals surface area contributed by atoms with Crippen molar-refractivity contribution in [3.05, 3.63) is 29.8 Å². The number of hydrogen-bond donors (Lipinski definition) is 0. The summed E-state index contributed by atoms with van der Waals surface area (Å²) in [7, 11) is 4.00. The van der Waals surface area contributed by atoms with Gasteiger partial charge in [-0.2, -0.15) is 0 Å². The van der Waals surface area contributed by atoms with Gasteiger partial charge in [-0.05, 0) is 32.6 Å². The van der Waals surface area contributed by atoms with Gasteiger partial charge in [0.15, 0.2) is 5.78 Å². The Morgan fingerprint density at radius 3 is 2.56 bits per heavy atom. The van der Waals surface area contributed by atoms with Crippen molar-refractivity contribution in [2.24, 2.45) is 0 Å². The first-order valence-corrected chi connectivity index (χ1v) is 6.05. The number of para-hydroxylation sites is 1. The van der Waals surface area contributed by atoms with Crippen molar-refractivity contribution in [1.29, 1.82) is 0 Å². The molecule has 0 unspecified atom stereocenters. The Labute approximate surface area is 116 Å². The predicted octanol–water partition coefficient (Wildman–Crippen LogP) is 3.03. The van der Waals surface area contributed by atoms with Gasteiger partial charge in [-0.15, -0.1) is 12.4 Å². The van der Waals surface area contributed by atoms with Gasteiger partial charge < -0.3 is 9.64 Å². The average molecular weight is 272 g/mol. The summed E-state index contributed by atoms with van der Waals surface area (Å²) in [5.41, 5.74) is 0.702. The number of carbonyl (C=O) groups is 1. The lowest BCUT2D eigenvalue weighted by molar-refractivity contribution is 0.0977. The van der Waals surface area contributed by atoms with Crippen molar-refractivity contribution in [3.8, 4) is 5.75 Å². The summed E-state index contributed by atoms with van der Waals surface area (Å²) in [6.45, 7) is 3.45. The van der Waals surface area contributed by atoms with Crippen LogP contribution in [0.2, 0.25) is 0 Å². The number of ether oxygens (including phenoxy) is 1. The van der Waals surface area contributed by atoms with Crippen LogP contribution in [-0.4, -0.2) is 37.9 Å². The second kappa shape index (κ2) is 8.95. The van der Waals surface area contributed by atoms with E-state index >= 15 is 0 Å². The maximum atomic E-state index is 11.9. The third-order valence-corrected chi connectivity index (χ3v) is 2.46. The van der Waals surface area contributed by atoms with E-state index in [1.165, 1.54) is 0 Å². The van der Waals surface area contributed by atoms with Crippen LogP contribution in [0.4, 0.5) is 0 Å². The topological polar surface area (TPSA) is 29.5 Å². The zero-order valence-corrected chi connectivity index (χ0v) is 12.1. The fourth-order valence-corrected chi connectivity index (χ4v) is 1.52. The van der Waals surface area contributed by atoms with Crippen molar-refractivity contribution in [2.75, 3.05) is 27.2 Å². The van der Waals surface area contributed by atoms with E-state index in [1.807, 2.05) is 45.3 Å². The SMILES string of the molecule is CCCC(=O)c1ccccc1OCCN(C)C.Cl. The highest BCUT2D eigenvalue weighted by Gasteiger charge is 2.10. The molecule has 0 aliphatic heterocycles. The average Bonchev–Trinajstić information content (AvgIpc) is 2.29. The lowest BCUT2D eigenvalue weighted by atomic mass is 10.1. The summed E-state index contributed by atoms with van der Waals surface area (Å²) in [6, 6.07) is 7.47. The van der Waals surface area contributed by atoms with Crippen LogP contribution in [0.5, 0.6) is 5.75 Å². The smallest absolute Gasteiger partial charge is 0.166 e. The Morgan fingerprint density at radius 1 is 1.28 bits per heavy atom. The molecule has 1 aromatic rings. The zero-order chi connectivity index (χ0) is 12.7. The summed E-state index contributed by atoms with van der Waals surface area (Å²) in [6.07, 6.45) is 1.44. The molecule has 1 aromatic carbocycles.